The zero-order valence-electron chi connectivity index (χ0n) is 12.3. The van der Waals surface area contributed by atoms with E-state index in [9.17, 15) is 18.0 Å². The first-order valence-corrected chi connectivity index (χ1v) is 8.08. The Morgan fingerprint density at radius 2 is 1.17 bits per heavy atom. The van der Waals surface area contributed by atoms with Crippen LogP contribution in [0.1, 0.15) is 20.7 Å². The van der Waals surface area contributed by atoms with E-state index in [1.54, 1.807) is 12.1 Å². The maximum Gasteiger partial charge on any atom is 0.337 e. The SMILES string of the molecule is COC(=O)c1ccc2c(c1)S(=O)(=O)c1cc(C(=O)OC)ccc1-2. The van der Waals surface area contributed by atoms with E-state index < -0.39 is 21.8 Å². The summed E-state index contributed by atoms with van der Waals surface area (Å²) >= 11 is 0. The highest BCUT2D eigenvalue weighted by Crippen LogP contribution is 2.43. The summed E-state index contributed by atoms with van der Waals surface area (Å²) in [6.45, 7) is 0. The second-order valence-electron chi connectivity index (χ2n) is 4.91. The third-order valence-electron chi connectivity index (χ3n) is 3.67. The van der Waals surface area contributed by atoms with Gasteiger partial charge in [-0.3, -0.25) is 0 Å². The van der Waals surface area contributed by atoms with Gasteiger partial charge in [-0.1, -0.05) is 12.1 Å². The number of rotatable bonds is 2. The summed E-state index contributed by atoms with van der Waals surface area (Å²) in [5.74, 6) is -1.23. The van der Waals surface area contributed by atoms with Gasteiger partial charge in [0.15, 0.2) is 0 Å². The number of fused-ring (bicyclic) bond motifs is 3. The van der Waals surface area contributed by atoms with Crippen LogP contribution in [-0.2, 0) is 19.3 Å². The number of hydrogen-bond donors (Lipinski definition) is 0. The van der Waals surface area contributed by atoms with Crippen molar-refractivity contribution in [1.29, 1.82) is 0 Å². The van der Waals surface area contributed by atoms with Crippen LogP contribution >= 0.6 is 0 Å². The van der Waals surface area contributed by atoms with Gasteiger partial charge in [-0.2, -0.15) is 0 Å². The molecule has 0 bridgehead atoms. The molecule has 0 unspecified atom stereocenters. The van der Waals surface area contributed by atoms with Gasteiger partial charge in [0.2, 0.25) is 9.84 Å². The zero-order valence-corrected chi connectivity index (χ0v) is 13.1. The summed E-state index contributed by atoms with van der Waals surface area (Å²) in [5.41, 5.74) is 1.28. The molecule has 1 heterocycles. The maximum atomic E-state index is 12.7. The largest absolute Gasteiger partial charge is 0.465 e. The second-order valence-corrected chi connectivity index (χ2v) is 6.80. The van der Waals surface area contributed by atoms with Gasteiger partial charge >= 0.3 is 11.9 Å². The Hall–Kier alpha value is -2.67. The Morgan fingerprint density at radius 3 is 1.52 bits per heavy atom. The van der Waals surface area contributed by atoms with Gasteiger partial charge in [0, 0.05) is 11.1 Å². The number of carbonyl (C=O) groups excluding carboxylic acids is 2. The number of methoxy groups -OCH3 is 2. The molecule has 6 nitrogen and oxygen atoms in total. The van der Waals surface area contributed by atoms with Crippen LogP contribution in [0.4, 0.5) is 0 Å². The number of hydrogen-bond acceptors (Lipinski definition) is 6. The van der Waals surface area contributed by atoms with Crippen molar-refractivity contribution in [3.05, 3.63) is 47.5 Å². The molecule has 0 radical (unpaired) electrons. The van der Waals surface area contributed by atoms with Crippen LogP contribution in [0.25, 0.3) is 11.1 Å². The Bertz CT molecular complexity index is 872. The predicted molar refractivity (Wildman–Crippen MR) is 80.0 cm³/mol. The molecule has 0 saturated heterocycles. The van der Waals surface area contributed by atoms with Crippen molar-refractivity contribution in [3.63, 3.8) is 0 Å². The zero-order chi connectivity index (χ0) is 16.8. The molecule has 0 aliphatic carbocycles. The Labute approximate surface area is 132 Å². The van der Waals surface area contributed by atoms with Gasteiger partial charge in [0.1, 0.15) is 0 Å². The molecule has 0 aromatic heterocycles. The Balaban J connectivity index is 2.22. The summed E-state index contributed by atoms with van der Waals surface area (Å²) in [5, 5.41) is 0. The van der Waals surface area contributed by atoms with E-state index in [0.717, 1.165) is 0 Å². The van der Waals surface area contributed by atoms with Gasteiger partial charge in [-0.25, -0.2) is 18.0 Å². The highest BCUT2D eigenvalue weighted by Gasteiger charge is 2.34. The predicted octanol–water partition coefficient (Wildman–Crippen LogP) is 2.07. The van der Waals surface area contributed by atoms with Crippen molar-refractivity contribution < 1.29 is 27.5 Å². The molecule has 23 heavy (non-hydrogen) atoms. The number of ether oxygens (including phenoxy) is 2. The molecule has 2 aromatic carbocycles. The van der Waals surface area contributed by atoms with E-state index in [0.29, 0.717) is 11.1 Å². The van der Waals surface area contributed by atoms with Crippen LogP contribution in [0.15, 0.2) is 46.2 Å². The molecule has 0 fully saturated rings. The number of carbonyl (C=O) groups is 2. The molecular formula is C16H12O6S. The fraction of sp³-hybridized carbons (Fsp3) is 0.125. The van der Waals surface area contributed by atoms with E-state index in [1.165, 1.54) is 38.5 Å². The minimum absolute atomic E-state index is 0.0254. The van der Waals surface area contributed by atoms with E-state index in [4.69, 9.17) is 0 Å². The second kappa shape index (κ2) is 5.20. The highest BCUT2D eigenvalue weighted by molar-refractivity contribution is 7.92. The standard InChI is InChI=1S/C16H12O6S/c1-21-15(17)9-3-5-11-12-6-4-10(16(18)22-2)8-14(12)23(19,20)13(11)7-9/h3-8H,1-2H3. The lowest BCUT2D eigenvalue weighted by Gasteiger charge is -2.02. The molecule has 0 N–H and O–H groups in total. The van der Waals surface area contributed by atoms with Crippen molar-refractivity contribution in [2.24, 2.45) is 0 Å². The first kappa shape index (κ1) is 15.2. The Morgan fingerprint density at radius 1 is 0.783 bits per heavy atom. The third-order valence-corrected chi connectivity index (χ3v) is 5.51. The minimum atomic E-state index is -3.81. The first-order valence-electron chi connectivity index (χ1n) is 6.60. The van der Waals surface area contributed by atoms with Crippen LogP contribution in [0, 0.1) is 0 Å². The monoisotopic (exact) mass is 332 g/mol. The molecule has 3 rings (SSSR count). The van der Waals surface area contributed by atoms with Crippen LogP contribution in [0.2, 0.25) is 0 Å². The van der Waals surface area contributed by atoms with Gasteiger partial charge < -0.3 is 9.47 Å². The molecule has 2 aromatic rings. The number of esters is 2. The van der Waals surface area contributed by atoms with Crippen molar-refractivity contribution in [1.82, 2.24) is 0 Å². The number of benzene rings is 2. The van der Waals surface area contributed by atoms with E-state index in [2.05, 4.69) is 9.47 Å². The van der Waals surface area contributed by atoms with E-state index in [-0.39, 0.29) is 20.9 Å². The van der Waals surface area contributed by atoms with Crippen LogP contribution in [-0.4, -0.2) is 34.6 Å². The summed E-state index contributed by atoms with van der Waals surface area (Å²) in [6, 6.07) is 8.70. The smallest absolute Gasteiger partial charge is 0.337 e. The van der Waals surface area contributed by atoms with E-state index in [1.807, 2.05) is 0 Å². The molecule has 0 saturated carbocycles. The van der Waals surface area contributed by atoms with Gasteiger partial charge in [-0.15, -0.1) is 0 Å². The highest BCUT2D eigenvalue weighted by atomic mass is 32.2. The fourth-order valence-corrected chi connectivity index (χ4v) is 4.28. The summed E-state index contributed by atoms with van der Waals surface area (Å²) in [4.78, 5) is 23.3. The summed E-state index contributed by atoms with van der Waals surface area (Å²) in [7, 11) is -1.36. The lowest BCUT2D eigenvalue weighted by Crippen LogP contribution is -2.05. The van der Waals surface area contributed by atoms with Crippen molar-refractivity contribution in [3.8, 4) is 11.1 Å². The minimum Gasteiger partial charge on any atom is -0.465 e. The van der Waals surface area contributed by atoms with Crippen LogP contribution < -0.4 is 0 Å². The normalized spacial score (nSPS) is 13.8. The van der Waals surface area contributed by atoms with Crippen LogP contribution in [0.3, 0.4) is 0 Å². The van der Waals surface area contributed by atoms with Gasteiger partial charge in [0.05, 0.1) is 35.1 Å². The fourth-order valence-electron chi connectivity index (χ4n) is 2.54. The molecule has 1 aliphatic heterocycles. The van der Waals surface area contributed by atoms with Gasteiger partial charge in [-0.05, 0) is 24.3 Å². The quantitative estimate of drug-likeness (QED) is 0.668. The lowest BCUT2D eigenvalue weighted by atomic mass is 10.0. The first-order chi connectivity index (χ1) is 10.9. The topological polar surface area (TPSA) is 86.7 Å². The lowest BCUT2D eigenvalue weighted by molar-refractivity contribution is 0.0591. The molecule has 0 spiro atoms. The average molecular weight is 332 g/mol. The molecule has 118 valence electrons. The molecule has 0 amide bonds. The molecule has 7 heteroatoms. The third kappa shape index (κ3) is 2.20. The summed E-state index contributed by atoms with van der Waals surface area (Å²) in [6.07, 6.45) is 0. The summed E-state index contributed by atoms with van der Waals surface area (Å²) < 4.78 is 34.6. The maximum absolute atomic E-state index is 12.7. The van der Waals surface area contributed by atoms with Crippen molar-refractivity contribution >= 4 is 21.8 Å². The molecule has 1 aliphatic rings. The van der Waals surface area contributed by atoms with Gasteiger partial charge in [0.25, 0.3) is 0 Å². The van der Waals surface area contributed by atoms with E-state index >= 15 is 0 Å². The molecular weight excluding hydrogens is 320 g/mol. The number of sulfone groups is 1. The Kier molecular flexibility index (Phi) is 3.45. The van der Waals surface area contributed by atoms with Crippen LogP contribution in [0.5, 0.6) is 0 Å². The average Bonchev–Trinajstić information content (AvgIpc) is 2.80. The molecule has 0 atom stereocenters. The van der Waals surface area contributed by atoms with Crippen molar-refractivity contribution in [2.45, 2.75) is 9.79 Å². The van der Waals surface area contributed by atoms with Crippen molar-refractivity contribution in [2.75, 3.05) is 14.2 Å².